The van der Waals surface area contributed by atoms with Gasteiger partial charge in [-0.15, -0.1) is 0 Å². The molecule has 1 saturated heterocycles. The van der Waals surface area contributed by atoms with Gasteiger partial charge < -0.3 is 25.4 Å². The van der Waals surface area contributed by atoms with Crippen LogP contribution in [0.15, 0.2) is 42.5 Å². The molecule has 2 amide bonds. The minimum atomic E-state index is -0.734. The third-order valence-electron chi connectivity index (χ3n) is 4.58. The summed E-state index contributed by atoms with van der Waals surface area (Å²) in [7, 11) is 0. The Balaban J connectivity index is 1.49. The fraction of sp³-hybridized carbons (Fsp3) is 0.263. The molecule has 26 heavy (non-hydrogen) atoms. The summed E-state index contributed by atoms with van der Waals surface area (Å²) in [5.41, 5.74) is 7.54. The Kier molecular flexibility index (Phi) is 4.12. The summed E-state index contributed by atoms with van der Waals surface area (Å²) in [6.07, 6.45) is 0.450. The average molecular weight is 353 g/mol. The molecule has 4 rings (SSSR count). The van der Waals surface area contributed by atoms with Gasteiger partial charge in [-0.1, -0.05) is 12.1 Å². The van der Waals surface area contributed by atoms with Gasteiger partial charge in [-0.05, 0) is 30.7 Å². The molecule has 2 aliphatic rings. The molecule has 7 heteroatoms. The van der Waals surface area contributed by atoms with Gasteiger partial charge >= 0.3 is 0 Å². The van der Waals surface area contributed by atoms with Crippen LogP contribution in [0.25, 0.3) is 0 Å². The number of ether oxygens (including phenoxy) is 2. The van der Waals surface area contributed by atoms with E-state index in [1.165, 1.54) is 0 Å². The van der Waals surface area contributed by atoms with Crippen LogP contribution < -0.4 is 25.4 Å². The Hall–Kier alpha value is -3.22. The second-order valence-corrected chi connectivity index (χ2v) is 6.24. The van der Waals surface area contributed by atoms with E-state index in [-0.39, 0.29) is 11.8 Å². The van der Waals surface area contributed by atoms with Gasteiger partial charge in [0.2, 0.25) is 11.8 Å². The van der Waals surface area contributed by atoms with Crippen LogP contribution >= 0.6 is 0 Å². The molecule has 7 nitrogen and oxygen atoms in total. The standard InChI is InChI=1S/C19H19N3O4/c20-14-3-1-2-4-15(14)21-18(23)13-7-8-22(19(13)24)12-5-6-16-17(11-12)26-10-9-25-16/h1-6,11,13H,7-10,20H2,(H,21,23). The van der Waals surface area contributed by atoms with E-state index < -0.39 is 5.92 Å². The molecule has 1 fully saturated rings. The maximum atomic E-state index is 12.8. The number of nitrogen functional groups attached to an aromatic ring is 1. The number of para-hydroxylation sites is 2. The number of hydrogen-bond donors (Lipinski definition) is 2. The zero-order valence-corrected chi connectivity index (χ0v) is 14.1. The van der Waals surface area contributed by atoms with E-state index in [1.54, 1.807) is 47.4 Å². The quantitative estimate of drug-likeness (QED) is 0.650. The van der Waals surface area contributed by atoms with Crippen molar-refractivity contribution in [2.75, 3.05) is 35.7 Å². The zero-order chi connectivity index (χ0) is 18.1. The van der Waals surface area contributed by atoms with Gasteiger partial charge in [0, 0.05) is 18.3 Å². The zero-order valence-electron chi connectivity index (χ0n) is 14.1. The molecule has 1 atom stereocenters. The van der Waals surface area contributed by atoms with E-state index in [9.17, 15) is 9.59 Å². The van der Waals surface area contributed by atoms with Crippen molar-refractivity contribution in [3.05, 3.63) is 42.5 Å². The molecule has 0 saturated carbocycles. The Labute approximate surface area is 150 Å². The fourth-order valence-electron chi connectivity index (χ4n) is 3.21. The predicted molar refractivity (Wildman–Crippen MR) is 97.4 cm³/mol. The van der Waals surface area contributed by atoms with Gasteiger partial charge in [0.15, 0.2) is 11.5 Å². The molecule has 2 aliphatic heterocycles. The molecule has 0 aromatic heterocycles. The molecule has 2 heterocycles. The minimum Gasteiger partial charge on any atom is -0.486 e. The molecular weight excluding hydrogens is 334 g/mol. The number of nitrogens with zero attached hydrogens (tertiary/aromatic N) is 1. The second kappa shape index (κ2) is 6.59. The first-order chi connectivity index (χ1) is 12.6. The molecule has 134 valence electrons. The van der Waals surface area contributed by atoms with Gasteiger partial charge in [0.05, 0.1) is 11.4 Å². The highest BCUT2D eigenvalue weighted by Crippen LogP contribution is 2.36. The van der Waals surface area contributed by atoms with E-state index in [0.717, 1.165) is 0 Å². The molecular formula is C19H19N3O4. The first-order valence-corrected chi connectivity index (χ1v) is 8.50. The van der Waals surface area contributed by atoms with Crippen molar-refractivity contribution in [3.63, 3.8) is 0 Å². The fourth-order valence-corrected chi connectivity index (χ4v) is 3.21. The van der Waals surface area contributed by atoms with Crippen molar-refractivity contribution in [1.29, 1.82) is 0 Å². The lowest BCUT2D eigenvalue weighted by molar-refractivity contribution is -0.129. The summed E-state index contributed by atoms with van der Waals surface area (Å²) in [6.45, 7) is 1.47. The molecule has 0 spiro atoms. The monoisotopic (exact) mass is 353 g/mol. The number of fused-ring (bicyclic) bond motifs is 1. The molecule has 1 unspecified atom stereocenters. The van der Waals surface area contributed by atoms with E-state index in [1.807, 2.05) is 0 Å². The topological polar surface area (TPSA) is 93.9 Å². The Morgan fingerprint density at radius 3 is 2.69 bits per heavy atom. The van der Waals surface area contributed by atoms with Crippen molar-refractivity contribution in [2.24, 2.45) is 5.92 Å². The summed E-state index contributed by atoms with van der Waals surface area (Å²) >= 11 is 0. The third-order valence-corrected chi connectivity index (χ3v) is 4.58. The Morgan fingerprint density at radius 2 is 1.88 bits per heavy atom. The third kappa shape index (κ3) is 2.92. The maximum Gasteiger partial charge on any atom is 0.239 e. The van der Waals surface area contributed by atoms with Crippen LogP contribution in [0, 0.1) is 5.92 Å². The summed E-state index contributed by atoms with van der Waals surface area (Å²) in [6, 6.07) is 12.4. The van der Waals surface area contributed by atoms with Crippen LogP contribution in [0.1, 0.15) is 6.42 Å². The minimum absolute atomic E-state index is 0.228. The van der Waals surface area contributed by atoms with Crippen molar-refractivity contribution in [3.8, 4) is 11.5 Å². The second-order valence-electron chi connectivity index (χ2n) is 6.24. The lowest BCUT2D eigenvalue weighted by Crippen LogP contribution is -2.33. The van der Waals surface area contributed by atoms with Crippen LogP contribution in [0.2, 0.25) is 0 Å². The highest BCUT2D eigenvalue weighted by molar-refractivity contribution is 6.13. The van der Waals surface area contributed by atoms with Crippen molar-refractivity contribution in [1.82, 2.24) is 0 Å². The van der Waals surface area contributed by atoms with Gasteiger partial charge in [-0.3, -0.25) is 9.59 Å². The summed E-state index contributed by atoms with van der Waals surface area (Å²) < 4.78 is 11.1. The van der Waals surface area contributed by atoms with Crippen molar-refractivity contribution < 1.29 is 19.1 Å². The van der Waals surface area contributed by atoms with Gasteiger partial charge in [-0.2, -0.15) is 0 Å². The highest BCUT2D eigenvalue weighted by Gasteiger charge is 2.38. The SMILES string of the molecule is Nc1ccccc1NC(=O)C1CCN(c2ccc3c(c2)OCCO3)C1=O. The smallest absolute Gasteiger partial charge is 0.239 e. The molecule has 0 bridgehead atoms. The van der Waals surface area contributed by atoms with Crippen LogP contribution in [-0.4, -0.2) is 31.6 Å². The normalized spacial score (nSPS) is 18.7. The Morgan fingerprint density at radius 1 is 1.12 bits per heavy atom. The van der Waals surface area contributed by atoms with E-state index in [2.05, 4.69) is 5.32 Å². The van der Waals surface area contributed by atoms with Crippen LogP contribution in [0.5, 0.6) is 11.5 Å². The number of carbonyl (C=O) groups is 2. The number of nitrogens with one attached hydrogen (secondary N) is 1. The summed E-state index contributed by atoms with van der Waals surface area (Å²) in [5.74, 6) is -0.0172. The number of nitrogens with two attached hydrogens (primary N) is 1. The van der Waals surface area contributed by atoms with E-state index in [0.29, 0.717) is 54.7 Å². The number of rotatable bonds is 3. The number of carbonyl (C=O) groups excluding carboxylic acids is 2. The lowest BCUT2D eigenvalue weighted by atomic mass is 10.1. The van der Waals surface area contributed by atoms with Crippen LogP contribution in [0.3, 0.4) is 0 Å². The molecule has 0 radical (unpaired) electrons. The van der Waals surface area contributed by atoms with Crippen LogP contribution in [-0.2, 0) is 9.59 Å². The Bertz CT molecular complexity index is 868. The molecule has 3 N–H and O–H groups in total. The van der Waals surface area contributed by atoms with Crippen molar-refractivity contribution in [2.45, 2.75) is 6.42 Å². The number of hydrogen-bond acceptors (Lipinski definition) is 5. The number of benzene rings is 2. The number of amides is 2. The average Bonchev–Trinajstić information content (AvgIpc) is 3.05. The molecule has 0 aliphatic carbocycles. The van der Waals surface area contributed by atoms with Crippen molar-refractivity contribution >= 4 is 28.9 Å². The van der Waals surface area contributed by atoms with Gasteiger partial charge in [0.25, 0.3) is 0 Å². The first kappa shape index (κ1) is 16.3. The largest absolute Gasteiger partial charge is 0.486 e. The lowest BCUT2D eigenvalue weighted by Gasteiger charge is -2.22. The highest BCUT2D eigenvalue weighted by atomic mass is 16.6. The number of anilines is 3. The van der Waals surface area contributed by atoms with E-state index >= 15 is 0 Å². The first-order valence-electron chi connectivity index (χ1n) is 8.50. The van der Waals surface area contributed by atoms with Gasteiger partial charge in [0.1, 0.15) is 19.1 Å². The van der Waals surface area contributed by atoms with E-state index in [4.69, 9.17) is 15.2 Å². The summed E-state index contributed by atoms with van der Waals surface area (Å²) in [5, 5.41) is 2.75. The maximum absolute atomic E-state index is 12.8. The van der Waals surface area contributed by atoms with Gasteiger partial charge in [-0.25, -0.2) is 0 Å². The molecule has 2 aromatic carbocycles. The summed E-state index contributed by atoms with van der Waals surface area (Å²) in [4.78, 5) is 26.9. The predicted octanol–water partition coefficient (Wildman–Crippen LogP) is 2.03. The van der Waals surface area contributed by atoms with Crippen LogP contribution in [0.4, 0.5) is 17.1 Å². The molecule has 2 aromatic rings.